The van der Waals surface area contributed by atoms with Gasteiger partial charge in [0.2, 0.25) is 0 Å². The predicted molar refractivity (Wildman–Crippen MR) is 124 cm³/mol. The molecule has 4 N–H and O–H groups in total. The minimum absolute atomic E-state index is 0.0544. The first-order valence-corrected chi connectivity index (χ1v) is 11.7. The second-order valence-corrected chi connectivity index (χ2v) is 9.96. The molecule has 6 nitrogen and oxygen atoms in total. The van der Waals surface area contributed by atoms with E-state index in [9.17, 15) is 9.18 Å². The molecule has 1 spiro atoms. The number of pyridine rings is 1. The normalized spacial score (nSPS) is 24.3. The predicted octanol–water partition coefficient (Wildman–Crippen LogP) is 3.69. The lowest BCUT2D eigenvalue weighted by Gasteiger charge is -2.44. The molecule has 0 amide bonds. The SMILES string of the molecule is C[C@@H]1C(=O)C(Sc2ccnc(N)c2F)=CN=C1N1CCC2(CC1)Cc1ccccc1C2N. The van der Waals surface area contributed by atoms with Crippen molar-refractivity contribution in [2.45, 2.75) is 37.1 Å². The number of nitrogens with two attached hydrogens (primary N) is 2. The standard InChI is InChI=1S/C24H26FN5OS/c1-14-20(31)18(32-17-6-9-28-22(27)19(17)25)13-29-23(14)30-10-7-24(8-11-30)12-15-4-2-3-5-16(15)21(24)26/h2-6,9,13-14,21H,7-8,10-12,26H2,1H3,(H2,27,28)/t14-,21?/m1/s1. The summed E-state index contributed by atoms with van der Waals surface area (Å²) in [6.07, 6.45) is 5.94. The third-order valence-corrected chi connectivity index (χ3v) is 8.18. The van der Waals surface area contributed by atoms with Crippen molar-refractivity contribution in [3.63, 3.8) is 0 Å². The lowest BCUT2D eigenvalue weighted by Crippen LogP contribution is -2.49. The highest BCUT2D eigenvalue weighted by Crippen LogP contribution is 2.50. The van der Waals surface area contributed by atoms with Crippen LogP contribution in [-0.2, 0) is 11.2 Å². The van der Waals surface area contributed by atoms with Crippen LogP contribution in [0.15, 0.2) is 57.5 Å². The van der Waals surface area contributed by atoms with E-state index in [2.05, 4.69) is 39.1 Å². The number of rotatable bonds is 2. The van der Waals surface area contributed by atoms with Crippen LogP contribution in [0, 0.1) is 17.2 Å². The molecule has 2 aromatic rings. The number of piperidine rings is 1. The number of fused-ring (bicyclic) bond motifs is 1. The molecule has 1 aliphatic carbocycles. The number of hydrogen-bond acceptors (Lipinski definition) is 7. The highest BCUT2D eigenvalue weighted by molar-refractivity contribution is 8.04. The fourth-order valence-electron chi connectivity index (χ4n) is 5.19. The van der Waals surface area contributed by atoms with E-state index >= 15 is 0 Å². The summed E-state index contributed by atoms with van der Waals surface area (Å²) in [6.45, 7) is 3.52. The van der Waals surface area contributed by atoms with E-state index in [-0.39, 0.29) is 33.9 Å². The van der Waals surface area contributed by atoms with Gasteiger partial charge in [0.05, 0.1) is 15.7 Å². The molecule has 0 radical (unpaired) electrons. The number of amidine groups is 1. The molecule has 2 aliphatic heterocycles. The van der Waals surface area contributed by atoms with Crippen molar-refractivity contribution in [1.29, 1.82) is 0 Å². The van der Waals surface area contributed by atoms with Gasteiger partial charge in [-0.2, -0.15) is 0 Å². The Morgan fingerprint density at radius 3 is 2.72 bits per heavy atom. The Morgan fingerprint density at radius 2 is 1.97 bits per heavy atom. The Kier molecular flexibility index (Phi) is 5.29. The third kappa shape index (κ3) is 3.42. The smallest absolute Gasteiger partial charge is 0.181 e. The van der Waals surface area contributed by atoms with Crippen molar-refractivity contribution in [1.82, 2.24) is 9.88 Å². The summed E-state index contributed by atoms with van der Waals surface area (Å²) < 4.78 is 14.2. The Labute approximate surface area is 191 Å². The van der Waals surface area contributed by atoms with Crippen LogP contribution in [0.25, 0.3) is 0 Å². The van der Waals surface area contributed by atoms with Gasteiger partial charge in [-0.25, -0.2) is 14.4 Å². The van der Waals surface area contributed by atoms with Gasteiger partial charge in [-0.1, -0.05) is 36.0 Å². The zero-order valence-electron chi connectivity index (χ0n) is 17.9. The third-order valence-electron chi connectivity index (χ3n) is 7.11. The Hall–Kier alpha value is -2.71. The number of thioether (sulfide) groups is 1. The van der Waals surface area contributed by atoms with Crippen LogP contribution in [0.1, 0.15) is 36.9 Å². The van der Waals surface area contributed by atoms with Crippen LogP contribution < -0.4 is 11.5 Å². The number of allylic oxidation sites excluding steroid dienone is 1. The van der Waals surface area contributed by atoms with Gasteiger partial charge in [-0.3, -0.25) is 4.79 Å². The summed E-state index contributed by atoms with van der Waals surface area (Å²) in [7, 11) is 0. The number of halogens is 1. The van der Waals surface area contributed by atoms with Crippen molar-refractivity contribution in [3.05, 3.63) is 64.6 Å². The number of hydrogen-bond donors (Lipinski definition) is 2. The van der Waals surface area contributed by atoms with E-state index in [1.54, 1.807) is 6.20 Å². The highest BCUT2D eigenvalue weighted by atomic mass is 32.2. The van der Waals surface area contributed by atoms with Crippen LogP contribution >= 0.6 is 11.8 Å². The van der Waals surface area contributed by atoms with Crippen LogP contribution in [0.3, 0.4) is 0 Å². The Balaban J connectivity index is 1.31. The van der Waals surface area contributed by atoms with Crippen LogP contribution in [0.5, 0.6) is 0 Å². The van der Waals surface area contributed by atoms with Crippen molar-refractivity contribution >= 4 is 29.2 Å². The largest absolute Gasteiger partial charge is 0.381 e. The second kappa shape index (κ2) is 8.01. The molecule has 5 rings (SSSR count). The summed E-state index contributed by atoms with van der Waals surface area (Å²) in [5.74, 6) is -0.434. The van der Waals surface area contributed by atoms with E-state index in [0.717, 1.165) is 49.9 Å². The summed E-state index contributed by atoms with van der Waals surface area (Å²) in [5, 5.41) is 0. The summed E-state index contributed by atoms with van der Waals surface area (Å²) in [6, 6.07) is 10.0. The van der Waals surface area contributed by atoms with Crippen LogP contribution in [0.2, 0.25) is 0 Å². The molecule has 1 unspecified atom stereocenters. The zero-order valence-corrected chi connectivity index (χ0v) is 18.7. The lowest BCUT2D eigenvalue weighted by atomic mass is 9.73. The van der Waals surface area contributed by atoms with E-state index in [1.165, 1.54) is 23.4 Å². The van der Waals surface area contributed by atoms with Crippen LogP contribution in [0.4, 0.5) is 10.2 Å². The first-order chi connectivity index (χ1) is 15.4. The molecule has 1 saturated heterocycles. The molecular weight excluding hydrogens is 425 g/mol. The minimum atomic E-state index is -0.608. The van der Waals surface area contributed by atoms with Gasteiger partial charge in [0.25, 0.3) is 0 Å². The van der Waals surface area contributed by atoms with E-state index in [0.29, 0.717) is 4.91 Å². The molecule has 8 heteroatoms. The Bertz CT molecular complexity index is 1140. The fourth-order valence-corrected chi connectivity index (χ4v) is 6.13. The molecule has 0 saturated carbocycles. The monoisotopic (exact) mass is 451 g/mol. The molecule has 1 aromatic carbocycles. The number of benzene rings is 1. The molecule has 166 valence electrons. The first kappa shape index (κ1) is 21.2. The summed E-state index contributed by atoms with van der Waals surface area (Å²) >= 11 is 1.05. The van der Waals surface area contributed by atoms with Gasteiger partial charge in [-0.05, 0) is 48.8 Å². The number of Topliss-reactive ketones (excluding diaryl/α,β-unsaturated/α-hetero) is 1. The molecule has 3 heterocycles. The summed E-state index contributed by atoms with van der Waals surface area (Å²) in [4.78, 5) is 24.3. The van der Waals surface area contributed by atoms with E-state index < -0.39 is 5.82 Å². The maximum absolute atomic E-state index is 14.2. The van der Waals surface area contributed by atoms with Gasteiger partial charge in [0.1, 0.15) is 5.84 Å². The fraction of sp³-hybridized carbons (Fsp3) is 0.375. The number of ketones is 1. The zero-order chi connectivity index (χ0) is 22.5. The number of nitrogen functional groups attached to an aromatic ring is 1. The summed E-state index contributed by atoms with van der Waals surface area (Å²) in [5.41, 5.74) is 14.9. The number of carbonyl (C=O) groups is 1. The lowest BCUT2D eigenvalue weighted by molar-refractivity contribution is -0.116. The maximum atomic E-state index is 14.2. The van der Waals surface area contributed by atoms with Gasteiger partial charge in [-0.15, -0.1) is 0 Å². The van der Waals surface area contributed by atoms with Crippen molar-refractivity contribution < 1.29 is 9.18 Å². The molecule has 0 bridgehead atoms. The topological polar surface area (TPSA) is 97.6 Å². The van der Waals surface area contributed by atoms with Gasteiger partial charge in [0.15, 0.2) is 17.4 Å². The average Bonchev–Trinajstić information content (AvgIpc) is 3.07. The number of anilines is 1. The number of carbonyl (C=O) groups excluding carboxylic acids is 1. The number of likely N-dealkylation sites (tertiary alicyclic amines) is 1. The number of aromatic nitrogens is 1. The Morgan fingerprint density at radius 1 is 1.22 bits per heavy atom. The molecule has 32 heavy (non-hydrogen) atoms. The highest BCUT2D eigenvalue weighted by Gasteiger charge is 2.46. The first-order valence-electron chi connectivity index (χ1n) is 10.9. The van der Waals surface area contributed by atoms with Crippen molar-refractivity contribution in [2.75, 3.05) is 18.8 Å². The molecule has 1 aromatic heterocycles. The van der Waals surface area contributed by atoms with E-state index in [4.69, 9.17) is 11.5 Å². The average molecular weight is 452 g/mol. The van der Waals surface area contributed by atoms with Gasteiger partial charge < -0.3 is 16.4 Å². The minimum Gasteiger partial charge on any atom is -0.381 e. The van der Waals surface area contributed by atoms with Crippen molar-refractivity contribution in [2.24, 2.45) is 22.1 Å². The molecule has 2 atom stereocenters. The van der Waals surface area contributed by atoms with Crippen molar-refractivity contribution in [3.8, 4) is 0 Å². The van der Waals surface area contributed by atoms with E-state index in [1.807, 2.05) is 6.92 Å². The number of aliphatic imine (C=N–C) groups is 1. The molecular formula is C24H26FN5OS. The maximum Gasteiger partial charge on any atom is 0.181 e. The molecule has 1 fully saturated rings. The molecule has 3 aliphatic rings. The second-order valence-electron chi connectivity index (χ2n) is 8.88. The van der Waals surface area contributed by atoms with Gasteiger partial charge in [0, 0.05) is 31.5 Å². The number of nitrogens with zero attached hydrogens (tertiary/aromatic N) is 3. The van der Waals surface area contributed by atoms with Gasteiger partial charge >= 0.3 is 0 Å². The quantitative estimate of drug-likeness (QED) is 0.723. The van der Waals surface area contributed by atoms with Crippen LogP contribution in [-0.4, -0.2) is 34.6 Å².